The van der Waals surface area contributed by atoms with Crippen molar-refractivity contribution in [2.45, 2.75) is 31.8 Å². The molecule has 0 aliphatic rings. The van der Waals surface area contributed by atoms with Gasteiger partial charge in [-0.3, -0.25) is 4.79 Å². The third kappa shape index (κ3) is 5.28. The van der Waals surface area contributed by atoms with E-state index in [0.29, 0.717) is 30.2 Å². The zero-order valence-corrected chi connectivity index (χ0v) is 18.2. The molecule has 1 atom stereocenters. The number of nitrogens with one attached hydrogen (secondary N) is 1. The first kappa shape index (κ1) is 23.2. The molecule has 2 aromatic carbocycles. The van der Waals surface area contributed by atoms with E-state index in [-0.39, 0.29) is 10.6 Å². The number of ether oxygens (including phenoxy) is 2. The highest BCUT2D eigenvalue weighted by atomic mass is 32.2. The molecule has 160 valence electrons. The molecule has 1 N–H and O–H groups in total. The van der Waals surface area contributed by atoms with Crippen LogP contribution in [0.5, 0.6) is 11.5 Å². The fourth-order valence-electron chi connectivity index (χ4n) is 2.76. The van der Waals surface area contributed by atoms with E-state index in [1.165, 1.54) is 29.6 Å². The summed E-state index contributed by atoms with van der Waals surface area (Å²) in [5.41, 5.74) is 0.710. The predicted molar refractivity (Wildman–Crippen MR) is 113 cm³/mol. The molecule has 0 fully saturated rings. The van der Waals surface area contributed by atoms with Crippen LogP contribution in [0.25, 0.3) is 0 Å². The second-order valence-electron chi connectivity index (χ2n) is 6.34. The molecular weight excluding hydrogens is 406 g/mol. The van der Waals surface area contributed by atoms with E-state index < -0.39 is 22.0 Å². The molecule has 2 aromatic rings. The molecule has 0 aromatic heterocycles. The molecular formula is C21H25N3O5S. The molecule has 0 radical (unpaired) electrons. The van der Waals surface area contributed by atoms with E-state index in [1.807, 2.05) is 6.07 Å². The van der Waals surface area contributed by atoms with E-state index in [2.05, 4.69) is 5.32 Å². The van der Waals surface area contributed by atoms with Gasteiger partial charge < -0.3 is 14.8 Å². The van der Waals surface area contributed by atoms with Crippen molar-refractivity contribution in [3.8, 4) is 17.6 Å². The molecule has 0 saturated carbocycles. The van der Waals surface area contributed by atoms with Gasteiger partial charge >= 0.3 is 0 Å². The number of carbonyl (C=O) groups is 1. The van der Waals surface area contributed by atoms with Crippen molar-refractivity contribution in [3.63, 3.8) is 0 Å². The van der Waals surface area contributed by atoms with E-state index in [1.54, 1.807) is 45.0 Å². The number of nitriles is 1. The van der Waals surface area contributed by atoms with Gasteiger partial charge in [0.05, 0.1) is 29.3 Å². The number of rotatable bonds is 9. The standard InChI is InChI=1S/C21H25N3O5S/c1-5-24(6-2)30(26,27)18-11-12-20(28-4)19(13-18)23-21(25)15(3)29-17-9-7-16(14-22)8-10-17/h7-13,15H,5-6H2,1-4H3,(H,23,25). The molecule has 8 nitrogen and oxygen atoms in total. The van der Waals surface area contributed by atoms with Crippen LogP contribution in [0.2, 0.25) is 0 Å². The summed E-state index contributed by atoms with van der Waals surface area (Å²) in [6.45, 7) is 5.76. The van der Waals surface area contributed by atoms with Crippen molar-refractivity contribution >= 4 is 21.6 Å². The van der Waals surface area contributed by atoms with Crippen molar-refractivity contribution < 1.29 is 22.7 Å². The highest BCUT2D eigenvalue weighted by Crippen LogP contribution is 2.29. The lowest BCUT2D eigenvalue weighted by atomic mass is 10.2. The van der Waals surface area contributed by atoms with Crippen LogP contribution < -0.4 is 14.8 Å². The molecule has 0 spiro atoms. The van der Waals surface area contributed by atoms with E-state index in [0.717, 1.165) is 0 Å². The Morgan fingerprint density at radius 3 is 2.33 bits per heavy atom. The van der Waals surface area contributed by atoms with Gasteiger partial charge in [0.15, 0.2) is 6.10 Å². The number of hydrogen-bond donors (Lipinski definition) is 1. The van der Waals surface area contributed by atoms with Gasteiger partial charge in [0, 0.05) is 13.1 Å². The van der Waals surface area contributed by atoms with E-state index >= 15 is 0 Å². The van der Waals surface area contributed by atoms with Crippen molar-refractivity contribution in [1.29, 1.82) is 5.26 Å². The molecule has 0 aliphatic carbocycles. The SMILES string of the molecule is CCN(CC)S(=O)(=O)c1ccc(OC)c(NC(=O)C(C)Oc2ccc(C#N)cc2)c1. The van der Waals surface area contributed by atoms with E-state index in [4.69, 9.17) is 14.7 Å². The molecule has 1 amide bonds. The summed E-state index contributed by atoms with van der Waals surface area (Å²) in [7, 11) is -2.26. The molecule has 2 rings (SSSR count). The molecule has 1 unspecified atom stereocenters. The van der Waals surface area contributed by atoms with Crippen LogP contribution in [0, 0.1) is 11.3 Å². The minimum Gasteiger partial charge on any atom is -0.495 e. The summed E-state index contributed by atoms with van der Waals surface area (Å²) in [5.74, 6) is 0.281. The van der Waals surface area contributed by atoms with Gasteiger partial charge in [0.1, 0.15) is 11.5 Å². The number of methoxy groups -OCH3 is 1. The zero-order valence-electron chi connectivity index (χ0n) is 17.4. The Hall–Kier alpha value is -3.09. The Balaban J connectivity index is 2.23. The number of sulfonamides is 1. The predicted octanol–water partition coefficient (Wildman–Crippen LogP) is 3.00. The van der Waals surface area contributed by atoms with Crippen LogP contribution in [0.15, 0.2) is 47.4 Å². The van der Waals surface area contributed by atoms with Gasteiger partial charge in [-0.05, 0) is 49.4 Å². The summed E-state index contributed by atoms with van der Waals surface area (Å²) in [6, 6.07) is 12.7. The Labute approximate surface area is 177 Å². The van der Waals surface area contributed by atoms with Gasteiger partial charge in [-0.25, -0.2) is 8.42 Å². The fourth-order valence-corrected chi connectivity index (χ4v) is 4.24. The lowest BCUT2D eigenvalue weighted by Crippen LogP contribution is -2.31. The molecule has 0 heterocycles. The van der Waals surface area contributed by atoms with Crippen LogP contribution in [-0.4, -0.2) is 44.9 Å². The molecule has 0 bridgehead atoms. The van der Waals surface area contributed by atoms with Crippen LogP contribution in [0.4, 0.5) is 5.69 Å². The average Bonchev–Trinajstić information content (AvgIpc) is 2.74. The summed E-state index contributed by atoms with van der Waals surface area (Å²) < 4.78 is 37.8. The van der Waals surface area contributed by atoms with Crippen molar-refractivity contribution in [1.82, 2.24) is 4.31 Å². The second-order valence-corrected chi connectivity index (χ2v) is 8.27. The maximum atomic E-state index is 12.8. The van der Waals surface area contributed by atoms with E-state index in [9.17, 15) is 13.2 Å². The van der Waals surface area contributed by atoms with Crippen LogP contribution in [0.1, 0.15) is 26.3 Å². The van der Waals surface area contributed by atoms with Gasteiger partial charge in [-0.15, -0.1) is 0 Å². The number of benzene rings is 2. The van der Waals surface area contributed by atoms with Gasteiger partial charge in [-0.2, -0.15) is 9.57 Å². The first-order valence-electron chi connectivity index (χ1n) is 9.42. The minimum absolute atomic E-state index is 0.0583. The van der Waals surface area contributed by atoms with Gasteiger partial charge in [0.2, 0.25) is 10.0 Å². The first-order chi connectivity index (χ1) is 14.3. The number of amides is 1. The Morgan fingerprint density at radius 1 is 1.17 bits per heavy atom. The minimum atomic E-state index is -3.69. The number of hydrogen-bond acceptors (Lipinski definition) is 6. The Kier molecular flexibility index (Phi) is 7.80. The smallest absolute Gasteiger partial charge is 0.265 e. The van der Waals surface area contributed by atoms with Crippen LogP contribution >= 0.6 is 0 Å². The third-order valence-corrected chi connectivity index (χ3v) is 6.48. The largest absolute Gasteiger partial charge is 0.495 e. The highest BCUT2D eigenvalue weighted by molar-refractivity contribution is 7.89. The summed E-state index contributed by atoms with van der Waals surface area (Å²) in [6.07, 6.45) is -0.870. The number of anilines is 1. The van der Waals surface area contributed by atoms with Gasteiger partial charge in [-0.1, -0.05) is 13.8 Å². The Morgan fingerprint density at radius 2 is 1.80 bits per heavy atom. The molecule has 0 aliphatic heterocycles. The zero-order chi connectivity index (χ0) is 22.3. The normalized spacial score (nSPS) is 12.1. The maximum absolute atomic E-state index is 12.8. The molecule has 9 heteroatoms. The van der Waals surface area contributed by atoms with Crippen LogP contribution in [-0.2, 0) is 14.8 Å². The second kappa shape index (κ2) is 10.1. The first-order valence-corrected chi connectivity index (χ1v) is 10.9. The van der Waals surface area contributed by atoms with Crippen molar-refractivity contribution in [2.24, 2.45) is 0 Å². The topological polar surface area (TPSA) is 109 Å². The third-order valence-electron chi connectivity index (χ3n) is 4.44. The quantitative estimate of drug-likeness (QED) is 0.654. The maximum Gasteiger partial charge on any atom is 0.265 e. The van der Waals surface area contributed by atoms with Crippen molar-refractivity contribution in [3.05, 3.63) is 48.0 Å². The number of carbonyl (C=O) groups excluding carboxylic acids is 1. The number of nitrogens with zero attached hydrogens (tertiary/aromatic N) is 2. The average molecular weight is 432 g/mol. The molecule has 30 heavy (non-hydrogen) atoms. The van der Waals surface area contributed by atoms with Crippen molar-refractivity contribution in [2.75, 3.05) is 25.5 Å². The van der Waals surface area contributed by atoms with Gasteiger partial charge in [0.25, 0.3) is 5.91 Å². The fraction of sp³-hybridized carbons (Fsp3) is 0.333. The lowest BCUT2D eigenvalue weighted by molar-refractivity contribution is -0.122. The monoisotopic (exact) mass is 431 g/mol. The summed E-state index contributed by atoms with van der Waals surface area (Å²) >= 11 is 0. The highest BCUT2D eigenvalue weighted by Gasteiger charge is 2.24. The lowest BCUT2D eigenvalue weighted by Gasteiger charge is -2.20. The Bertz CT molecular complexity index is 1030. The van der Waals surface area contributed by atoms with Crippen LogP contribution in [0.3, 0.4) is 0 Å². The summed E-state index contributed by atoms with van der Waals surface area (Å²) in [4.78, 5) is 12.7. The molecule has 0 saturated heterocycles. The summed E-state index contributed by atoms with van der Waals surface area (Å²) in [5, 5.41) is 11.5.